The number of benzene rings is 2. The first kappa shape index (κ1) is 19.9. The van der Waals surface area contributed by atoms with Crippen LogP contribution in [0.3, 0.4) is 0 Å². The zero-order chi connectivity index (χ0) is 17.4. The van der Waals surface area contributed by atoms with Crippen LogP contribution in [-0.4, -0.2) is 23.0 Å². The summed E-state index contributed by atoms with van der Waals surface area (Å²) < 4.78 is 11.0. The fourth-order valence-electron chi connectivity index (χ4n) is 1.64. The number of ether oxygens (including phenoxy) is 2. The van der Waals surface area contributed by atoms with E-state index in [2.05, 4.69) is 48.5 Å². The molecular formula is C16H14O2S6. The minimum atomic E-state index is 0.531. The van der Waals surface area contributed by atoms with Crippen molar-refractivity contribution < 1.29 is 9.47 Å². The minimum absolute atomic E-state index is 0.531. The second kappa shape index (κ2) is 10.6. The molecule has 8 heteroatoms. The highest BCUT2D eigenvalue weighted by Crippen LogP contribution is 2.35. The molecule has 0 saturated carbocycles. The lowest BCUT2D eigenvalue weighted by Crippen LogP contribution is -1.86. The largest absolute Gasteiger partial charge is 0.481 e. The van der Waals surface area contributed by atoms with E-state index in [1.165, 1.54) is 32.7 Å². The van der Waals surface area contributed by atoms with Gasteiger partial charge in [-0.05, 0) is 103 Å². The molecule has 2 nitrogen and oxygen atoms in total. The molecule has 0 unspecified atom stereocenters. The van der Waals surface area contributed by atoms with E-state index in [-0.39, 0.29) is 0 Å². The van der Waals surface area contributed by atoms with Gasteiger partial charge >= 0.3 is 0 Å². The number of rotatable bonds is 5. The van der Waals surface area contributed by atoms with Crippen LogP contribution in [0.5, 0.6) is 0 Å². The van der Waals surface area contributed by atoms with E-state index in [0.717, 1.165) is 9.79 Å². The molecule has 2 aromatic rings. The molecule has 0 amide bonds. The SMILES string of the molecule is COC(=S)SSc1ccc(-c2ccc(SSC(=S)OC)cc2)cc1. The van der Waals surface area contributed by atoms with Crippen LogP contribution in [0.15, 0.2) is 58.3 Å². The lowest BCUT2D eigenvalue weighted by molar-refractivity contribution is 0.426. The molecule has 2 rings (SSSR count). The van der Waals surface area contributed by atoms with Crippen LogP contribution in [0.2, 0.25) is 0 Å². The molecule has 2 aromatic carbocycles. The highest BCUT2D eigenvalue weighted by Gasteiger charge is 2.03. The Morgan fingerprint density at radius 3 is 1.29 bits per heavy atom. The van der Waals surface area contributed by atoms with E-state index in [0.29, 0.717) is 8.77 Å². The Kier molecular flexibility index (Phi) is 8.79. The molecule has 0 spiro atoms. The summed E-state index contributed by atoms with van der Waals surface area (Å²) in [5, 5.41) is 0. The second-order valence-corrected chi connectivity index (χ2v) is 9.90. The first-order valence-electron chi connectivity index (χ1n) is 6.68. The van der Waals surface area contributed by atoms with Crippen molar-refractivity contribution in [3.05, 3.63) is 48.5 Å². The standard InChI is InChI=1S/C16H14O2S6/c1-17-15(19)23-21-13-7-3-11(4-8-13)12-5-9-14(10-6-12)22-24-16(20)18-2/h3-10H,1-2H3. The van der Waals surface area contributed by atoms with Gasteiger partial charge in [-0.2, -0.15) is 0 Å². The first-order valence-corrected chi connectivity index (χ1v) is 11.8. The van der Waals surface area contributed by atoms with Crippen molar-refractivity contribution in [3.8, 4) is 11.1 Å². The van der Waals surface area contributed by atoms with Gasteiger partial charge in [0.2, 0.25) is 8.77 Å². The number of hydrogen-bond donors (Lipinski definition) is 0. The summed E-state index contributed by atoms with van der Waals surface area (Å²) in [5.74, 6) is 0. The van der Waals surface area contributed by atoms with Gasteiger partial charge < -0.3 is 9.47 Å². The molecule has 0 bridgehead atoms. The minimum Gasteiger partial charge on any atom is -0.481 e. The average molecular weight is 431 g/mol. The highest BCUT2D eigenvalue weighted by molar-refractivity contribution is 8.83. The van der Waals surface area contributed by atoms with E-state index in [1.54, 1.807) is 35.8 Å². The first-order chi connectivity index (χ1) is 11.6. The topological polar surface area (TPSA) is 18.5 Å². The molecule has 0 atom stereocenters. The summed E-state index contributed by atoms with van der Waals surface area (Å²) in [7, 11) is 9.24. The van der Waals surface area contributed by atoms with Crippen LogP contribution in [0.1, 0.15) is 0 Å². The highest BCUT2D eigenvalue weighted by atomic mass is 33.1. The molecule has 0 aliphatic carbocycles. The molecule has 0 N–H and O–H groups in total. The molecular weight excluding hydrogens is 417 g/mol. The van der Waals surface area contributed by atoms with E-state index < -0.39 is 0 Å². The molecule has 0 heterocycles. The predicted octanol–water partition coefficient (Wildman–Crippen LogP) is 6.70. The monoisotopic (exact) mass is 430 g/mol. The maximum absolute atomic E-state index is 5.01. The Balaban J connectivity index is 1.96. The Bertz CT molecular complexity index is 623. The lowest BCUT2D eigenvalue weighted by atomic mass is 10.1. The van der Waals surface area contributed by atoms with Crippen LogP contribution in [-0.2, 0) is 9.47 Å². The summed E-state index contributed by atoms with van der Waals surface area (Å²) in [6.07, 6.45) is 0. The molecule has 0 aromatic heterocycles. The van der Waals surface area contributed by atoms with Crippen LogP contribution in [0.4, 0.5) is 0 Å². The Morgan fingerprint density at radius 2 is 1.00 bits per heavy atom. The normalized spacial score (nSPS) is 10.2. The fourth-order valence-corrected chi connectivity index (χ4v) is 5.27. The van der Waals surface area contributed by atoms with Gasteiger partial charge in [-0.25, -0.2) is 0 Å². The van der Waals surface area contributed by atoms with Crippen molar-refractivity contribution in [2.75, 3.05) is 14.2 Å². The van der Waals surface area contributed by atoms with Gasteiger partial charge in [0.25, 0.3) is 0 Å². The Morgan fingerprint density at radius 1 is 0.667 bits per heavy atom. The van der Waals surface area contributed by atoms with Crippen molar-refractivity contribution in [1.82, 2.24) is 0 Å². The molecule has 0 aliphatic heterocycles. The van der Waals surface area contributed by atoms with Crippen molar-refractivity contribution in [1.29, 1.82) is 0 Å². The quantitative estimate of drug-likeness (QED) is 0.380. The zero-order valence-corrected chi connectivity index (χ0v) is 17.8. The summed E-state index contributed by atoms with van der Waals surface area (Å²) in [6.45, 7) is 0. The van der Waals surface area contributed by atoms with Crippen LogP contribution >= 0.6 is 67.6 Å². The van der Waals surface area contributed by atoms with E-state index in [9.17, 15) is 0 Å². The fraction of sp³-hybridized carbons (Fsp3) is 0.125. The van der Waals surface area contributed by atoms with E-state index >= 15 is 0 Å². The van der Waals surface area contributed by atoms with Gasteiger partial charge in [0, 0.05) is 9.79 Å². The van der Waals surface area contributed by atoms with Crippen molar-refractivity contribution in [3.63, 3.8) is 0 Å². The maximum atomic E-state index is 5.01. The second-order valence-electron chi connectivity index (χ2n) is 4.29. The molecule has 24 heavy (non-hydrogen) atoms. The third-order valence-electron chi connectivity index (χ3n) is 2.79. The van der Waals surface area contributed by atoms with Gasteiger partial charge in [-0.1, -0.05) is 24.3 Å². The third-order valence-corrected chi connectivity index (χ3v) is 8.52. The van der Waals surface area contributed by atoms with Crippen LogP contribution in [0.25, 0.3) is 11.1 Å². The van der Waals surface area contributed by atoms with Crippen molar-refractivity contribution in [2.24, 2.45) is 0 Å². The molecule has 126 valence electrons. The number of methoxy groups -OCH3 is 2. The summed E-state index contributed by atoms with van der Waals surface area (Å²) in [4.78, 5) is 2.28. The van der Waals surface area contributed by atoms with Gasteiger partial charge in [0.15, 0.2) is 0 Å². The Hall–Kier alpha value is -0.380. The summed E-state index contributed by atoms with van der Waals surface area (Å²) in [5.41, 5.74) is 2.35. The number of thiocarbonyl (C=S) groups is 2. The molecule has 0 fully saturated rings. The van der Waals surface area contributed by atoms with Gasteiger partial charge in [0.05, 0.1) is 14.2 Å². The van der Waals surface area contributed by atoms with Gasteiger partial charge in [-0.3, -0.25) is 0 Å². The van der Waals surface area contributed by atoms with Gasteiger partial charge in [-0.15, -0.1) is 0 Å². The molecule has 0 radical (unpaired) electrons. The third kappa shape index (κ3) is 6.50. The average Bonchev–Trinajstić information content (AvgIpc) is 2.65. The van der Waals surface area contributed by atoms with Crippen LogP contribution < -0.4 is 0 Å². The van der Waals surface area contributed by atoms with Crippen molar-refractivity contribution >= 4 is 76.4 Å². The van der Waals surface area contributed by atoms with Crippen molar-refractivity contribution in [2.45, 2.75) is 9.79 Å². The Labute approximate surface area is 168 Å². The number of hydrogen-bond acceptors (Lipinski definition) is 8. The molecule has 0 aliphatic rings. The lowest BCUT2D eigenvalue weighted by Gasteiger charge is -2.06. The van der Waals surface area contributed by atoms with Gasteiger partial charge in [0.1, 0.15) is 0 Å². The summed E-state index contributed by atoms with van der Waals surface area (Å²) in [6, 6.07) is 16.8. The zero-order valence-electron chi connectivity index (χ0n) is 12.9. The maximum Gasteiger partial charge on any atom is 0.230 e. The van der Waals surface area contributed by atoms with E-state index in [1.807, 2.05) is 0 Å². The van der Waals surface area contributed by atoms with E-state index in [4.69, 9.17) is 33.9 Å². The van der Waals surface area contributed by atoms with Crippen LogP contribution in [0, 0.1) is 0 Å². The predicted molar refractivity (Wildman–Crippen MR) is 118 cm³/mol. The smallest absolute Gasteiger partial charge is 0.230 e. The molecule has 0 saturated heterocycles. The summed E-state index contributed by atoms with van der Waals surface area (Å²) >= 11 is 10.0.